The van der Waals surface area contributed by atoms with E-state index in [1.807, 2.05) is 24.3 Å². The highest BCUT2D eigenvalue weighted by Crippen LogP contribution is 2.37. The summed E-state index contributed by atoms with van der Waals surface area (Å²) in [5, 5.41) is 12.7. The number of rotatable bonds is 8. The molecule has 1 fully saturated rings. The fourth-order valence-electron chi connectivity index (χ4n) is 3.71. The number of aliphatic hydroxyl groups excluding tert-OH is 1. The van der Waals surface area contributed by atoms with Crippen LogP contribution < -0.4 is 9.47 Å². The Bertz CT molecular complexity index is 882. The lowest BCUT2D eigenvalue weighted by Crippen LogP contribution is -2.45. The number of likely N-dealkylation sites (tertiary alicyclic amines) is 1. The maximum absolute atomic E-state index is 13.1. The van der Waals surface area contributed by atoms with Gasteiger partial charge in [0.1, 0.15) is 12.3 Å². The van der Waals surface area contributed by atoms with Crippen molar-refractivity contribution < 1.29 is 19.4 Å². The fourth-order valence-corrected chi connectivity index (χ4v) is 3.71. The average Bonchev–Trinajstić information content (AvgIpc) is 2.81. The van der Waals surface area contributed by atoms with Gasteiger partial charge in [-0.15, -0.1) is 4.91 Å². The number of methoxy groups -OCH3 is 1. The number of nitrogens with zero attached hydrogens (tertiary/aromatic N) is 2. The molecule has 7 nitrogen and oxygen atoms in total. The van der Waals surface area contributed by atoms with Gasteiger partial charge < -0.3 is 19.5 Å². The van der Waals surface area contributed by atoms with Gasteiger partial charge in [0.2, 0.25) is 0 Å². The summed E-state index contributed by atoms with van der Waals surface area (Å²) >= 11 is 0. The van der Waals surface area contributed by atoms with Gasteiger partial charge in [-0.3, -0.25) is 4.79 Å². The first-order valence-electron chi connectivity index (χ1n) is 10.3. The van der Waals surface area contributed by atoms with Gasteiger partial charge >= 0.3 is 0 Å². The number of benzene rings is 2. The summed E-state index contributed by atoms with van der Waals surface area (Å²) in [7, 11) is 1.48. The number of ether oxygens (including phenoxy) is 2. The quantitative estimate of drug-likeness (QED) is 0.656. The number of amides is 1. The molecule has 1 unspecified atom stereocenters. The van der Waals surface area contributed by atoms with Gasteiger partial charge in [-0.05, 0) is 48.1 Å². The van der Waals surface area contributed by atoms with Gasteiger partial charge in [-0.1, -0.05) is 31.2 Å². The third kappa shape index (κ3) is 4.79. The van der Waals surface area contributed by atoms with Gasteiger partial charge in [-0.2, -0.15) is 0 Å². The standard InChI is InChI=1S/C23H28N2O5/c1-3-16-7-9-17(10-8-16)15-30-22-13-20(24-28)19(12-21(22)29-2)23(27)25-11-5-4-6-18(25)14-26/h7-10,12-13,18,26H,3-6,11,14-15H2,1-2H3. The van der Waals surface area contributed by atoms with E-state index in [-0.39, 0.29) is 29.8 Å². The highest BCUT2D eigenvalue weighted by molar-refractivity contribution is 6.00. The van der Waals surface area contributed by atoms with Crippen LogP contribution in [0.15, 0.2) is 41.6 Å². The molecule has 0 spiro atoms. The monoisotopic (exact) mass is 412 g/mol. The number of piperidine rings is 1. The van der Waals surface area contributed by atoms with E-state index in [1.54, 1.807) is 4.90 Å². The van der Waals surface area contributed by atoms with Crippen molar-refractivity contribution in [2.24, 2.45) is 5.18 Å². The van der Waals surface area contributed by atoms with E-state index in [1.165, 1.54) is 24.8 Å². The molecule has 160 valence electrons. The van der Waals surface area contributed by atoms with Crippen LogP contribution in [0.5, 0.6) is 11.5 Å². The highest BCUT2D eigenvalue weighted by atomic mass is 16.5. The van der Waals surface area contributed by atoms with Crippen molar-refractivity contribution in [3.63, 3.8) is 0 Å². The molecule has 2 aromatic rings. The lowest BCUT2D eigenvalue weighted by atomic mass is 10.0. The Hall–Kier alpha value is -2.93. The van der Waals surface area contributed by atoms with E-state index in [0.29, 0.717) is 24.7 Å². The summed E-state index contributed by atoms with van der Waals surface area (Å²) < 4.78 is 11.3. The van der Waals surface area contributed by atoms with Gasteiger partial charge in [0.15, 0.2) is 11.5 Å². The van der Waals surface area contributed by atoms with Crippen molar-refractivity contribution in [1.29, 1.82) is 0 Å². The van der Waals surface area contributed by atoms with Crippen molar-refractivity contribution in [3.8, 4) is 11.5 Å². The second-order valence-electron chi connectivity index (χ2n) is 7.40. The Labute approximate surface area is 176 Å². The maximum atomic E-state index is 13.1. The number of carbonyl (C=O) groups is 1. The smallest absolute Gasteiger partial charge is 0.256 e. The Kier molecular flexibility index (Phi) is 7.41. The third-order valence-electron chi connectivity index (χ3n) is 5.54. The van der Waals surface area contributed by atoms with E-state index >= 15 is 0 Å². The van der Waals surface area contributed by atoms with Crippen molar-refractivity contribution in [2.75, 3.05) is 20.3 Å². The van der Waals surface area contributed by atoms with Gasteiger partial charge in [-0.25, -0.2) is 0 Å². The summed E-state index contributed by atoms with van der Waals surface area (Å²) in [6.45, 7) is 2.83. The minimum absolute atomic E-state index is 0.000561. The predicted molar refractivity (Wildman–Crippen MR) is 114 cm³/mol. The van der Waals surface area contributed by atoms with Gasteiger partial charge in [0.25, 0.3) is 5.91 Å². The first-order valence-corrected chi connectivity index (χ1v) is 10.3. The van der Waals surface area contributed by atoms with Crippen LogP contribution in [-0.4, -0.2) is 42.2 Å². The molecule has 7 heteroatoms. The minimum atomic E-state index is -0.330. The zero-order valence-corrected chi connectivity index (χ0v) is 17.5. The molecular formula is C23H28N2O5. The number of aliphatic hydroxyl groups is 1. The normalized spacial score (nSPS) is 16.2. The molecule has 1 atom stereocenters. The lowest BCUT2D eigenvalue weighted by Gasteiger charge is -2.34. The minimum Gasteiger partial charge on any atom is -0.493 e. The van der Waals surface area contributed by atoms with Crippen molar-refractivity contribution in [2.45, 2.75) is 45.3 Å². The Morgan fingerprint density at radius 3 is 2.53 bits per heavy atom. The van der Waals surface area contributed by atoms with E-state index in [0.717, 1.165) is 31.2 Å². The van der Waals surface area contributed by atoms with Crippen LogP contribution in [0.4, 0.5) is 5.69 Å². The van der Waals surface area contributed by atoms with E-state index in [4.69, 9.17) is 9.47 Å². The topological polar surface area (TPSA) is 88.4 Å². The number of carbonyl (C=O) groups excluding carboxylic acids is 1. The zero-order valence-electron chi connectivity index (χ0n) is 17.5. The Balaban J connectivity index is 1.84. The van der Waals surface area contributed by atoms with Gasteiger partial charge in [0.05, 0.1) is 25.3 Å². The van der Waals surface area contributed by atoms with E-state index < -0.39 is 0 Å². The van der Waals surface area contributed by atoms with Crippen LogP contribution in [0.2, 0.25) is 0 Å². The molecule has 3 rings (SSSR count). The molecule has 1 N–H and O–H groups in total. The Morgan fingerprint density at radius 2 is 1.90 bits per heavy atom. The zero-order chi connectivity index (χ0) is 21.5. The first-order chi connectivity index (χ1) is 14.6. The molecule has 0 aromatic heterocycles. The van der Waals surface area contributed by atoms with Crippen LogP contribution in [0.25, 0.3) is 0 Å². The van der Waals surface area contributed by atoms with Crippen molar-refractivity contribution in [1.82, 2.24) is 4.90 Å². The van der Waals surface area contributed by atoms with Crippen LogP contribution in [0, 0.1) is 4.91 Å². The lowest BCUT2D eigenvalue weighted by molar-refractivity contribution is 0.0503. The van der Waals surface area contributed by atoms with E-state index in [9.17, 15) is 14.8 Å². The summed E-state index contributed by atoms with van der Waals surface area (Å²) in [6.07, 6.45) is 3.53. The van der Waals surface area contributed by atoms with Crippen molar-refractivity contribution in [3.05, 3.63) is 58.0 Å². The molecule has 1 amide bonds. The van der Waals surface area contributed by atoms with Crippen LogP contribution in [-0.2, 0) is 13.0 Å². The van der Waals surface area contributed by atoms with Gasteiger partial charge in [0, 0.05) is 12.6 Å². The summed E-state index contributed by atoms with van der Waals surface area (Å²) in [5.74, 6) is 0.373. The number of hydrogen-bond donors (Lipinski definition) is 1. The highest BCUT2D eigenvalue weighted by Gasteiger charge is 2.29. The number of aryl methyl sites for hydroxylation is 1. The van der Waals surface area contributed by atoms with E-state index in [2.05, 4.69) is 12.1 Å². The summed E-state index contributed by atoms with van der Waals surface area (Å²) in [6, 6.07) is 10.8. The summed E-state index contributed by atoms with van der Waals surface area (Å²) in [5.41, 5.74) is 2.38. The van der Waals surface area contributed by atoms with Crippen LogP contribution in [0.1, 0.15) is 47.7 Å². The first kappa shape index (κ1) is 21.8. The van der Waals surface area contributed by atoms with Crippen LogP contribution >= 0.6 is 0 Å². The number of nitroso groups, excluding NO2 is 1. The predicted octanol–water partition coefficient (Wildman–Crippen LogP) is 4.22. The Morgan fingerprint density at radius 1 is 1.17 bits per heavy atom. The molecule has 1 aliphatic heterocycles. The molecule has 30 heavy (non-hydrogen) atoms. The van der Waals surface area contributed by atoms with Crippen molar-refractivity contribution >= 4 is 11.6 Å². The largest absolute Gasteiger partial charge is 0.493 e. The molecular weight excluding hydrogens is 384 g/mol. The maximum Gasteiger partial charge on any atom is 0.256 e. The summed E-state index contributed by atoms with van der Waals surface area (Å²) in [4.78, 5) is 26.2. The number of hydrogen-bond acceptors (Lipinski definition) is 6. The average molecular weight is 412 g/mol. The second kappa shape index (κ2) is 10.2. The second-order valence-corrected chi connectivity index (χ2v) is 7.40. The molecule has 1 aliphatic rings. The van der Waals surface area contributed by atoms with Crippen LogP contribution in [0.3, 0.4) is 0 Å². The fraction of sp³-hybridized carbons (Fsp3) is 0.435. The molecule has 0 bridgehead atoms. The molecule has 2 aromatic carbocycles. The molecule has 0 radical (unpaired) electrons. The molecule has 0 saturated carbocycles. The molecule has 1 heterocycles. The molecule has 1 saturated heterocycles. The SMILES string of the molecule is CCc1ccc(COc2cc(N=O)c(C(=O)N3CCCCC3CO)cc2OC)cc1. The third-order valence-corrected chi connectivity index (χ3v) is 5.54. The molecule has 0 aliphatic carbocycles.